The van der Waals surface area contributed by atoms with E-state index in [2.05, 4.69) is 15.3 Å². The Balaban J connectivity index is 1.85. The summed E-state index contributed by atoms with van der Waals surface area (Å²) in [5.74, 6) is -0.286. The molecule has 0 radical (unpaired) electrons. The average Bonchev–Trinajstić information content (AvgIpc) is 2.70. The van der Waals surface area contributed by atoms with Crippen molar-refractivity contribution in [3.63, 3.8) is 0 Å². The number of thioether (sulfide) groups is 1. The number of benzene rings is 2. The molecule has 3 rings (SSSR count). The maximum absolute atomic E-state index is 12.5. The van der Waals surface area contributed by atoms with Crippen molar-refractivity contribution in [1.29, 1.82) is 5.26 Å². The topological polar surface area (TPSA) is 98.6 Å². The number of rotatable bonds is 5. The van der Waals surface area contributed by atoms with E-state index in [0.717, 1.165) is 11.8 Å². The van der Waals surface area contributed by atoms with Crippen molar-refractivity contribution in [2.24, 2.45) is 0 Å². The largest absolute Gasteiger partial charge is 0.324 e. The van der Waals surface area contributed by atoms with Gasteiger partial charge in [0.25, 0.3) is 5.56 Å². The molecule has 140 valence electrons. The van der Waals surface area contributed by atoms with Crippen LogP contribution in [0.4, 0.5) is 5.69 Å². The van der Waals surface area contributed by atoms with Gasteiger partial charge in [-0.05, 0) is 19.1 Å². The molecule has 3 aromatic rings. The Labute approximate surface area is 170 Å². The zero-order chi connectivity index (χ0) is 20.1. The summed E-state index contributed by atoms with van der Waals surface area (Å²) in [5, 5.41) is 12.2. The number of hydrogen-bond donors (Lipinski definition) is 2. The number of nitriles is 1. The molecule has 0 spiro atoms. The number of carbonyl (C=O) groups excluding carboxylic acids is 1. The van der Waals surface area contributed by atoms with Gasteiger partial charge in [-0.2, -0.15) is 5.26 Å². The highest BCUT2D eigenvalue weighted by molar-refractivity contribution is 8.00. The third-order valence-corrected chi connectivity index (χ3v) is 5.16. The van der Waals surface area contributed by atoms with Crippen LogP contribution in [-0.2, 0) is 4.79 Å². The quantitative estimate of drug-likeness (QED) is 0.487. The van der Waals surface area contributed by atoms with Gasteiger partial charge in [0.2, 0.25) is 5.91 Å². The van der Waals surface area contributed by atoms with Crippen LogP contribution in [0.15, 0.2) is 64.5 Å². The number of amides is 1. The van der Waals surface area contributed by atoms with Gasteiger partial charge in [-0.3, -0.25) is 9.59 Å². The Kier molecular flexibility index (Phi) is 6.14. The van der Waals surface area contributed by atoms with Gasteiger partial charge in [0.1, 0.15) is 11.6 Å². The number of para-hydroxylation sites is 1. The summed E-state index contributed by atoms with van der Waals surface area (Å²) in [4.78, 5) is 31.7. The summed E-state index contributed by atoms with van der Waals surface area (Å²) < 4.78 is 0. The molecule has 8 heteroatoms. The molecular weight excluding hydrogens is 396 g/mol. The van der Waals surface area contributed by atoms with Crippen molar-refractivity contribution in [1.82, 2.24) is 9.97 Å². The highest BCUT2D eigenvalue weighted by atomic mass is 35.5. The fourth-order valence-electron chi connectivity index (χ4n) is 2.43. The summed E-state index contributed by atoms with van der Waals surface area (Å²) >= 11 is 7.15. The number of carbonyl (C=O) groups is 1. The molecule has 1 atom stereocenters. The standard InChI is InChI=1S/C20H15ClN4O2S/c1-12(18(26)23-16-10-6-5-9-15(16)21)28-20-24-17(13-7-3-2-4-8-13)14(11-22)19(27)25-20/h2-10,12H,1H3,(H,23,26)(H,24,25,27)/t12-/m0/s1. The summed E-state index contributed by atoms with van der Waals surface area (Å²) in [6.07, 6.45) is 0. The minimum atomic E-state index is -0.559. The first-order valence-corrected chi connectivity index (χ1v) is 9.57. The molecule has 1 aromatic heterocycles. The molecule has 0 aliphatic rings. The summed E-state index contributed by atoms with van der Waals surface area (Å²) in [6.45, 7) is 1.69. The van der Waals surface area contributed by atoms with E-state index in [0.29, 0.717) is 16.3 Å². The molecule has 0 aliphatic heterocycles. The first-order valence-electron chi connectivity index (χ1n) is 8.31. The average molecular weight is 411 g/mol. The number of aromatic nitrogens is 2. The lowest BCUT2D eigenvalue weighted by Gasteiger charge is -2.13. The second-order valence-electron chi connectivity index (χ2n) is 5.80. The molecular formula is C20H15ClN4O2S. The molecule has 0 saturated carbocycles. The Morgan fingerprint density at radius 3 is 2.57 bits per heavy atom. The highest BCUT2D eigenvalue weighted by Gasteiger charge is 2.19. The molecule has 0 saturated heterocycles. The minimum absolute atomic E-state index is 0.0660. The van der Waals surface area contributed by atoms with E-state index in [9.17, 15) is 14.9 Å². The Bertz CT molecular complexity index is 1110. The smallest absolute Gasteiger partial charge is 0.270 e. The minimum Gasteiger partial charge on any atom is -0.324 e. The monoisotopic (exact) mass is 410 g/mol. The van der Waals surface area contributed by atoms with Gasteiger partial charge >= 0.3 is 0 Å². The Hall–Kier alpha value is -3.08. The van der Waals surface area contributed by atoms with Crippen LogP contribution in [0.25, 0.3) is 11.3 Å². The molecule has 6 nitrogen and oxygen atoms in total. The third-order valence-electron chi connectivity index (χ3n) is 3.85. The molecule has 1 heterocycles. The van der Waals surface area contributed by atoms with E-state index >= 15 is 0 Å². The summed E-state index contributed by atoms with van der Waals surface area (Å²) in [7, 11) is 0. The van der Waals surface area contributed by atoms with Gasteiger partial charge in [0, 0.05) is 5.56 Å². The summed E-state index contributed by atoms with van der Waals surface area (Å²) in [5.41, 5.74) is 0.836. The number of halogens is 1. The highest BCUT2D eigenvalue weighted by Crippen LogP contribution is 2.26. The lowest BCUT2D eigenvalue weighted by atomic mass is 10.1. The number of aromatic amines is 1. The number of hydrogen-bond acceptors (Lipinski definition) is 5. The zero-order valence-corrected chi connectivity index (χ0v) is 16.3. The second-order valence-corrected chi connectivity index (χ2v) is 7.54. The van der Waals surface area contributed by atoms with Gasteiger partial charge in [0.05, 0.1) is 21.7 Å². The van der Waals surface area contributed by atoms with Crippen LogP contribution in [0.1, 0.15) is 12.5 Å². The SMILES string of the molecule is C[C@H](Sc1nc(-c2ccccc2)c(C#N)c(=O)[nH]1)C(=O)Nc1ccccc1Cl. The van der Waals surface area contributed by atoms with Crippen LogP contribution >= 0.6 is 23.4 Å². The van der Waals surface area contributed by atoms with E-state index in [4.69, 9.17) is 11.6 Å². The fourth-order valence-corrected chi connectivity index (χ4v) is 3.41. The number of anilines is 1. The molecule has 0 fully saturated rings. The maximum Gasteiger partial charge on any atom is 0.270 e. The van der Waals surface area contributed by atoms with Crippen molar-refractivity contribution in [2.75, 3.05) is 5.32 Å². The lowest BCUT2D eigenvalue weighted by Crippen LogP contribution is -2.24. The van der Waals surface area contributed by atoms with Crippen LogP contribution in [0.5, 0.6) is 0 Å². The molecule has 28 heavy (non-hydrogen) atoms. The van der Waals surface area contributed by atoms with Crippen LogP contribution in [0.3, 0.4) is 0 Å². The Morgan fingerprint density at radius 1 is 1.21 bits per heavy atom. The molecule has 2 N–H and O–H groups in total. The fraction of sp³-hybridized carbons (Fsp3) is 0.100. The van der Waals surface area contributed by atoms with E-state index in [1.54, 1.807) is 55.5 Å². The summed E-state index contributed by atoms with van der Waals surface area (Å²) in [6, 6.07) is 17.8. The van der Waals surface area contributed by atoms with Crippen molar-refractivity contribution in [2.45, 2.75) is 17.3 Å². The third kappa shape index (κ3) is 4.42. The van der Waals surface area contributed by atoms with Crippen LogP contribution < -0.4 is 10.9 Å². The first-order chi connectivity index (χ1) is 13.5. The van der Waals surface area contributed by atoms with Gasteiger partial charge in [0.15, 0.2) is 5.16 Å². The van der Waals surface area contributed by atoms with Gasteiger partial charge in [-0.25, -0.2) is 4.98 Å². The van der Waals surface area contributed by atoms with E-state index in [-0.39, 0.29) is 22.3 Å². The zero-order valence-electron chi connectivity index (χ0n) is 14.8. The molecule has 0 aliphatic carbocycles. The predicted molar refractivity (Wildman–Crippen MR) is 110 cm³/mol. The van der Waals surface area contributed by atoms with Crippen molar-refractivity contribution >= 4 is 35.0 Å². The lowest BCUT2D eigenvalue weighted by molar-refractivity contribution is -0.115. The van der Waals surface area contributed by atoms with Crippen molar-refractivity contribution in [3.05, 3.63) is 75.5 Å². The van der Waals surface area contributed by atoms with Crippen LogP contribution in [0.2, 0.25) is 5.02 Å². The molecule has 2 aromatic carbocycles. The number of H-pyrrole nitrogens is 1. The first kappa shape index (κ1) is 19.7. The van der Waals surface area contributed by atoms with Crippen LogP contribution in [-0.4, -0.2) is 21.1 Å². The molecule has 0 bridgehead atoms. The van der Waals surface area contributed by atoms with E-state index < -0.39 is 10.8 Å². The van der Waals surface area contributed by atoms with E-state index in [1.165, 1.54) is 0 Å². The number of nitrogens with one attached hydrogen (secondary N) is 2. The Morgan fingerprint density at radius 2 is 1.89 bits per heavy atom. The van der Waals surface area contributed by atoms with Crippen LogP contribution in [0, 0.1) is 11.3 Å². The number of nitrogens with zero attached hydrogens (tertiary/aromatic N) is 2. The van der Waals surface area contributed by atoms with Gasteiger partial charge in [-0.15, -0.1) is 0 Å². The predicted octanol–water partition coefficient (Wildman–Crippen LogP) is 4.08. The molecule has 1 amide bonds. The van der Waals surface area contributed by atoms with Crippen molar-refractivity contribution < 1.29 is 4.79 Å². The van der Waals surface area contributed by atoms with Gasteiger partial charge in [-0.1, -0.05) is 65.8 Å². The van der Waals surface area contributed by atoms with E-state index in [1.807, 2.05) is 12.1 Å². The normalized spacial score (nSPS) is 11.5. The van der Waals surface area contributed by atoms with Gasteiger partial charge < -0.3 is 10.3 Å². The van der Waals surface area contributed by atoms with Crippen molar-refractivity contribution in [3.8, 4) is 17.3 Å². The maximum atomic E-state index is 12.5. The second kappa shape index (κ2) is 8.74. The molecule has 0 unspecified atom stereocenters.